The SMILES string of the molecule is Cc1cc(N)c([N+](=O)[O-])cc1S(=O)(=O)N(C)CC1CC1C. The monoisotopic (exact) mass is 313 g/mol. The van der Waals surface area contributed by atoms with E-state index in [0.717, 1.165) is 12.5 Å². The fourth-order valence-electron chi connectivity index (χ4n) is 2.39. The van der Waals surface area contributed by atoms with Gasteiger partial charge in [-0.1, -0.05) is 6.92 Å². The van der Waals surface area contributed by atoms with E-state index < -0.39 is 14.9 Å². The minimum absolute atomic E-state index is 0.0325. The van der Waals surface area contributed by atoms with Crippen molar-refractivity contribution in [3.63, 3.8) is 0 Å². The average Bonchev–Trinajstić information content (AvgIpc) is 3.03. The van der Waals surface area contributed by atoms with E-state index in [0.29, 0.717) is 23.9 Å². The van der Waals surface area contributed by atoms with E-state index in [1.165, 1.54) is 17.4 Å². The van der Waals surface area contributed by atoms with E-state index in [1.807, 2.05) is 0 Å². The summed E-state index contributed by atoms with van der Waals surface area (Å²) in [5, 5.41) is 10.9. The molecule has 0 radical (unpaired) electrons. The lowest BCUT2D eigenvalue weighted by Gasteiger charge is -2.18. The van der Waals surface area contributed by atoms with Crippen LogP contribution in [0.2, 0.25) is 0 Å². The summed E-state index contributed by atoms with van der Waals surface area (Å²) in [5.74, 6) is 0.901. The molecule has 1 aromatic carbocycles. The maximum absolute atomic E-state index is 12.6. The number of hydrogen-bond donors (Lipinski definition) is 1. The highest BCUT2D eigenvalue weighted by molar-refractivity contribution is 7.89. The van der Waals surface area contributed by atoms with Crippen molar-refractivity contribution in [3.8, 4) is 0 Å². The number of anilines is 1. The number of sulfonamides is 1. The fourth-order valence-corrected chi connectivity index (χ4v) is 3.84. The summed E-state index contributed by atoms with van der Waals surface area (Å²) in [4.78, 5) is 10.2. The van der Waals surface area contributed by atoms with Crippen LogP contribution in [0.5, 0.6) is 0 Å². The van der Waals surface area contributed by atoms with E-state index in [4.69, 9.17) is 5.73 Å². The summed E-state index contributed by atoms with van der Waals surface area (Å²) >= 11 is 0. The first kappa shape index (κ1) is 15.7. The van der Waals surface area contributed by atoms with Gasteiger partial charge in [0.05, 0.1) is 9.82 Å². The van der Waals surface area contributed by atoms with E-state index in [9.17, 15) is 18.5 Å². The number of nitro groups is 1. The molecule has 0 spiro atoms. The van der Waals surface area contributed by atoms with Gasteiger partial charge in [0.25, 0.3) is 5.69 Å². The highest BCUT2D eigenvalue weighted by Crippen LogP contribution is 2.39. The van der Waals surface area contributed by atoms with Crippen LogP contribution in [-0.4, -0.2) is 31.2 Å². The molecule has 2 atom stereocenters. The summed E-state index contributed by atoms with van der Waals surface area (Å²) in [7, 11) is -2.25. The Hall–Kier alpha value is -1.67. The van der Waals surface area contributed by atoms with E-state index in [-0.39, 0.29) is 16.3 Å². The summed E-state index contributed by atoms with van der Waals surface area (Å²) in [5.41, 5.74) is 5.57. The quantitative estimate of drug-likeness (QED) is 0.506. The van der Waals surface area contributed by atoms with E-state index in [2.05, 4.69) is 6.92 Å². The Balaban J connectivity index is 2.39. The Morgan fingerprint density at radius 1 is 1.48 bits per heavy atom. The van der Waals surface area contributed by atoms with Crippen LogP contribution in [0.1, 0.15) is 18.9 Å². The fraction of sp³-hybridized carbons (Fsp3) is 0.538. The molecule has 7 nitrogen and oxygen atoms in total. The molecule has 0 saturated heterocycles. The molecule has 21 heavy (non-hydrogen) atoms. The first-order valence-corrected chi connectivity index (χ1v) is 8.09. The highest BCUT2D eigenvalue weighted by Gasteiger charge is 2.37. The van der Waals surface area contributed by atoms with Gasteiger partial charge in [0.1, 0.15) is 5.69 Å². The van der Waals surface area contributed by atoms with Crippen LogP contribution in [0, 0.1) is 28.9 Å². The van der Waals surface area contributed by atoms with E-state index in [1.54, 1.807) is 6.92 Å². The number of hydrogen-bond acceptors (Lipinski definition) is 5. The molecular weight excluding hydrogens is 294 g/mol. The van der Waals surface area contributed by atoms with Crippen molar-refractivity contribution in [1.29, 1.82) is 0 Å². The van der Waals surface area contributed by atoms with Gasteiger partial charge < -0.3 is 5.73 Å². The van der Waals surface area contributed by atoms with Crippen LogP contribution in [0.4, 0.5) is 11.4 Å². The van der Waals surface area contributed by atoms with Crippen LogP contribution in [-0.2, 0) is 10.0 Å². The molecule has 2 N–H and O–H groups in total. The van der Waals surface area contributed by atoms with Crippen LogP contribution in [0.3, 0.4) is 0 Å². The van der Waals surface area contributed by atoms with Gasteiger partial charge in [0.15, 0.2) is 0 Å². The molecule has 116 valence electrons. The number of nitrogens with two attached hydrogens (primary N) is 1. The van der Waals surface area contributed by atoms with Gasteiger partial charge in [0.2, 0.25) is 10.0 Å². The molecule has 1 aliphatic carbocycles. The predicted molar refractivity (Wildman–Crippen MR) is 79.3 cm³/mol. The Morgan fingerprint density at radius 3 is 2.52 bits per heavy atom. The molecule has 1 fully saturated rings. The molecule has 0 aliphatic heterocycles. The van der Waals surface area contributed by atoms with Gasteiger partial charge in [-0.3, -0.25) is 10.1 Å². The topological polar surface area (TPSA) is 107 Å². The second kappa shape index (κ2) is 5.27. The zero-order valence-corrected chi connectivity index (χ0v) is 13.1. The third-order valence-corrected chi connectivity index (χ3v) is 5.94. The zero-order chi connectivity index (χ0) is 15.9. The number of aryl methyl sites for hydroxylation is 1. The normalized spacial score (nSPS) is 21.5. The summed E-state index contributed by atoms with van der Waals surface area (Å²) in [6.07, 6.45) is 1.01. The standard InChI is InChI=1S/C13H19N3O4S/c1-8-4-10(8)7-15(3)21(19,20)13-6-12(16(17)18)11(14)5-9(13)2/h5-6,8,10H,4,7,14H2,1-3H3. The minimum Gasteiger partial charge on any atom is -0.393 e. The van der Waals surface area contributed by atoms with Crippen LogP contribution in [0.15, 0.2) is 17.0 Å². The maximum Gasteiger partial charge on any atom is 0.293 e. The van der Waals surface area contributed by atoms with Gasteiger partial charge in [-0.2, -0.15) is 0 Å². The molecule has 8 heteroatoms. The third kappa shape index (κ3) is 3.01. The van der Waals surface area contributed by atoms with Crippen molar-refractivity contribution in [2.75, 3.05) is 19.3 Å². The van der Waals surface area contributed by atoms with Crippen molar-refractivity contribution < 1.29 is 13.3 Å². The number of rotatable bonds is 5. The zero-order valence-electron chi connectivity index (χ0n) is 12.2. The molecular formula is C13H19N3O4S. The maximum atomic E-state index is 12.6. The smallest absolute Gasteiger partial charge is 0.293 e. The molecule has 1 saturated carbocycles. The first-order valence-electron chi connectivity index (χ1n) is 6.65. The van der Waals surface area contributed by atoms with Gasteiger partial charge in [-0.15, -0.1) is 0 Å². The van der Waals surface area contributed by atoms with Crippen molar-refractivity contribution in [2.24, 2.45) is 11.8 Å². The molecule has 1 aromatic rings. The minimum atomic E-state index is -3.75. The van der Waals surface area contributed by atoms with Gasteiger partial charge in [0, 0.05) is 19.7 Å². The number of nitrogen functional groups attached to an aromatic ring is 1. The highest BCUT2D eigenvalue weighted by atomic mass is 32.2. The van der Waals surface area contributed by atoms with Gasteiger partial charge >= 0.3 is 0 Å². The molecule has 2 rings (SSSR count). The second-order valence-electron chi connectivity index (χ2n) is 5.69. The first-order chi connectivity index (χ1) is 9.64. The predicted octanol–water partition coefficient (Wildman–Crippen LogP) is 1.76. The molecule has 0 amide bonds. The Morgan fingerprint density at radius 2 is 2.05 bits per heavy atom. The van der Waals surface area contributed by atoms with Crippen molar-refractivity contribution in [2.45, 2.75) is 25.2 Å². The molecule has 0 heterocycles. The molecule has 0 bridgehead atoms. The lowest BCUT2D eigenvalue weighted by Crippen LogP contribution is -2.30. The Kier molecular flexibility index (Phi) is 3.94. The van der Waals surface area contributed by atoms with Crippen molar-refractivity contribution >= 4 is 21.4 Å². The summed E-state index contributed by atoms with van der Waals surface area (Å²) in [6.45, 7) is 4.09. The Labute approximate surface area is 123 Å². The average molecular weight is 313 g/mol. The second-order valence-corrected chi connectivity index (χ2v) is 7.71. The van der Waals surface area contributed by atoms with Crippen molar-refractivity contribution in [1.82, 2.24) is 4.31 Å². The molecule has 2 unspecified atom stereocenters. The lowest BCUT2D eigenvalue weighted by atomic mass is 10.2. The third-order valence-electron chi connectivity index (χ3n) is 3.98. The van der Waals surface area contributed by atoms with Crippen molar-refractivity contribution in [3.05, 3.63) is 27.8 Å². The number of nitro benzene ring substituents is 1. The lowest BCUT2D eigenvalue weighted by molar-refractivity contribution is -0.384. The van der Waals surface area contributed by atoms with Gasteiger partial charge in [-0.05, 0) is 36.8 Å². The largest absolute Gasteiger partial charge is 0.393 e. The van der Waals surface area contributed by atoms with E-state index >= 15 is 0 Å². The number of benzene rings is 1. The molecule has 0 aromatic heterocycles. The van der Waals surface area contributed by atoms with Crippen LogP contribution < -0.4 is 5.73 Å². The number of nitrogens with zero attached hydrogens (tertiary/aromatic N) is 2. The Bertz CT molecular complexity index is 687. The molecule has 1 aliphatic rings. The summed E-state index contributed by atoms with van der Waals surface area (Å²) in [6, 6.07) is 2.38. The van der Waals surface area contributed by atoms with Crippen LogP contribution >= 0.6 is 0 Å². The summed E-state index contributed by atoms with van der Waals surface area (Å²) < 4.78 is 26.4. The van der Waals surface area contributed by atoms with Gasteiger partial charge in [-0.25, -0.2) is 12.7 Å². The van der Waals surface area contributed by atoms with Crippen LogP contribution in [0.25, 0.3) is 0 Å².